The van der Waals surface area contributed by atoms with E-state index in [1.165, 1.54) is 5.56 Å². The number of anilines is 1. The highest BCUT2D eigenvalue weighted by atomic mass is 15.2. The van der Waals surface area contributed by atoms with Crippen LogP contribution in [0.5, 0.6) is 0 Å². The van der Waals surface area contributed by atoms with E-state index >= 15 is 0 Å². The van der Waals surface area contributed by atoms with Crippen molar-refractivity contribution in [3.05, 3.63) is 23.9 Å². The molecule has 0 radical (unpaired) electrons. The van der Waals surface area contributed by atoms with Gasteiger partial charge in [0.1, 0.15) is 5.82 Å². The Hall–Kier alpha value is -1.66. The van der Waals surface area contributed by atoms with Crippen LogP contribution < -0.4 is 16.4 Å². The van der Waals surface area contributed by atoms with Crippen LogP contribution in [0.1, 0.15) is 12.5 Å². The third-order valence-corrected chi connectivity index (χ3v) is 3.03. The van der Waals surface area contributed by atoms with Gasteiger partial charge in [-0.1, -0.05) is 6.07 Å². The number of nitrogens with two attached hydrogens (primary N) is 1. The molecule has 4 N–H and O–H groups in total. The molecule has 1 saturated heterocycles. The van der Waals surface area contributed by atoms with Crippen LogP contribution in [0, 0.1) is 0 Å². The zero-order valence-corrected chi connectivity index (χ0v) is 11.4. The summed E-state index contributed by atoms with van der Waals surface area (Å²) >= 11 is 0. The number of rotatable bonds is 4. The monoisotopic (exact) mass is 262 g/mol. The smallest absolute Gasteiger partial charge is 0.194 e. The molecule has 104 valence electrons. The summed E-state index contributed by atoms with van der Waals surface area (Å²) in [5.41, 5.74) is 6.91. The highest BCUT2D eigenvalue weighted by Gasteiger charge is 2.09. The van der Waals surface area contributed by atoms with Gasteiger partial charge in [0.05, 0.1) is 0 Å². The van der Waals surface area contributed by atoms with Crippen LogP contribution in [0.3, 0.4) is 0 Å². The number of nitrogens with one attached hydrogen (secondary N) is 2. The second-order valence-corrected chi connectivity index (χ2v) is 4.56. The van der Waals surface area contributed by atoms with Crippen LogP contribution in [0.2, 0.25) is 0 Å². The van der Waals surface area contributed by atoms with Crippen molar-refractivity contribution in [3.8, 4) is 0 Å². The Morgan fingerprint density at radius 3 is 2.89 bits per heavy atom. The molecule has 19 heavy (non-hydrogen) atoms. The van der Waals surface area contributed by atoms with Crippen LogP contribution >= 0.6 is 0 Å². The Balaban J connectivity index is 1.88. The standard InChI is InChI=1S/C13H22N6/c1-2-16-13(14)18-12-4-3-11(9-17-12)10-19-7-5-15-6-8-19/h3-4,9,15H,2,5-8,10H2,1H3,(H3,14,16,17,18). The molecule has 2 heterocycles. The molecule has 1 fully saturated rings. The lowest BCUT2D eigenvalue weighted by atomic mass is 10.2. The molecule has 1 aliphatic heterocycles. The predicted octanol–water partition coefficient (Wildman–Crippen LogP) is 0.233. The highest BCUT2D eigenvalue weighted by molar-refractivity contribution is 5.91. The number of hydrogen-bond acceptors (Lipinski definition) is 4. The lowest BCUT2D eigenvalue weighted by molar-refractivity contribution is 0.233. The summed E-state index contributed by atoms with van der Waals surface area (Å²) in [5, 5.41) is 6.32. The molecule has 0 aliphatic carbocycles. The van der Waals surface area contributed by atoms with Gasteiger partial charge in [-0.25, -0.2) is 4.98 Å². The maximum atomic E-state index is 5.69. The summed E-state index contributed by atoms with van der Waals surface area (Å²) in [6.45, 7) is 7.88. The Labute approximate surface area is 114 Å². The predicted molar refractivity (Wildman–Crippen MR) is 78.2 cm³/mol. The van der Waals surface area contributed by atoms with E-state index in [9.17, 15) is 0 Å². The van der Waals surface area contributed by atoms with Crippen LogP contribution in [-0.2, 0) is 6.54 Å². The largest absolute Gasteiger partial charge is 0.370 e. The average molecular weight is 262 g/mol. The quantitative estimate of drug-likeness (QED) is 0.535. The van der Waals surface area contributed by atoms with Gasteiger partial charge in [-0.2, -0.15) is 0 Å². The number of hydrogen-bond donors (Lipinski definition) is 3. The number of aromatic nitrogens is 1. The maximum absolute atomic E-state index is 5.69. The van der Waals surface area contributed by atoms with Gasteiger partial charge >= 0.3 is 0 Å². The molecule has 0 amide bonds. The molecule has 0 spiro atoms. The average Bonchev–Trinajstić information content (AvgIpc) is 2.42. The minimum atomic E-state index is 0.407. The lowest BCUT2D eigenvalue weighted by Crippen LogP contribution is -2.42. The normalized spacial score (nSPS) is 17.4. The molecular weight excluding hydrogens is 240 g/mol. The van der Waals surface area contributed by atoms with Crippen molar-refractivity contribution in [2.45, 2.75) is 13.5 Å². The van der Waals surface area contributed by atoms with Gasteiger partial charge in [-0.05, 0) is 18.6 Å². The van der Waals surface area contributed by atoms with Crippen molar-refractivity contribution in [1.29, 1.82) is 0 Å². The molecule has 0 saturated carbocycles. The minimum Gasteiger partial charge on any atom is -0.370 e. The van der Waals surface area contributed by atoms with Gasteiger partial charge in [0, 0.05) is 45.5 Å². The molecule has 6 heteroatoms. The molecule has 1 aromatic heterocycles. The summed E-state index contributed by atoms with van der Waals surface area (Å²) in [6, 6.07) is 4.02. The van der Waals surface area contributed by atoms with Crippen molar-refractivity contribution >= 4 is 11.8 Å². The Bertz CT molecular complexity index is 408. The fourth-order valence-electron chi connectivity index (χ4n) is 2.06. The highest BCUT2D eigenvalue weighted by Crippen LogP contribution is 2.08. The first-order valence-electron chi connectivity index (χ1n) is 6.73. The van der Waals surface area contributed by atoms with E-state index in [1.54, 1.807) is 0 Å². The van der Waals surface area contributed by atoms with Gasteiger partial charge in [0.15, 0.2) is 5.96 Å². The topological polar surface area (TPSA) is 78.6 Å². The van der Waals surface area contributed by atoms with E-state index in [4.69, 9.17) is 5.73 Å². The van der Waals surface area contributed by atoms with Gasteiger partial charge in [-0.15, -0.1) is 0 Å². The molecule has 0 aromatic carbocycles. The SMILES string of the molecule is CCN=C(N)Nc1ccc(CN2CCNCC2)cn1. The Kier molecular flexibility index (Phi) is 5.11. The maximum Gasteiger partial charge on any atom is 0.194 e. The van der Waals surface area contributed by atoms with Gasteiger partial charge in [-0.3, -0.25) is 9.89 Å². The summed E-state index contributed by atoms with van der Waals surface area (Å²) in [6.07, 6.45) is 1.89. The van der Waals surface area contributed by atoms with Crippen LogP contribution in [-0.4, -0.2) is 48.6 Å². The Morgan fingerprint density at radius 2 is 2.26 bits per heavy atom. The van der Waals surface area contributed by atoms with Crippen molar-refractivity contribution in [2.75, 3.05) is 38.0 Å². The summed E-state index contributed by atoms with van der Waals surface area (Å²) in [5.74, 6) is 1.14. The van der Waals surface area contributed by atoms with E-state index in [2.05, 4.69) is 31.6 Å². The van der Waals surface area contributed by atoms with E-state index in [0.29, 0.717) is 12.5 Å². The van der Waals surface area contributed by atoms with Crippen molar-refractivity contribution in [2.24, 2.45) is 10.7 Å². The molecule has 1 aromatic rings. The third-order valence-electron chi connectivity index (χ3n) is 3.03. The van der Waals surface area contributed by atoms with Crippen molar-refractivity contribution in [3.63, 3.8) is 0 Å². The first kappa shape index (κ1) is 13.8. The number of aliphatic imine (C=N–C) groups is 1. The number of piperazine rings is 1. The number of nitrogens with zero attached hydrogens (tertiary/aromatic N) is 3. The second-order valence-electron chi connectivity index (χ2n) is 4.56. The molecule has 0 unspecified atom stereocenters. The molecule has 1 aliphatic rings. The summed E-state index contributed by atoms with van der Waals surface area (Å²) in [7, 11) is 0. The first-order chi connectivity index (χ1) is 9.28. The van der Waals surface area contributed by atoms with E-state index in [1.807, 2.05) is 19.2 Å². The summed E-state index contributed by atoms with van der Waals surface area (Å²) in [4.78, 5) is 10.8. The fourth-order valence-corrected chi connectivity index (χ4v) is 2.06. The van der Waals surface area contributed by atoms with E-state index in [0.717, 1.165) is 38.5 Å². The number of guanidine groups is 1. The summed E-state index contributed by atoms with van der Waals surface area (Å²) < 4.78 is 0. The van der Waals surface area contributed by atoms with Crippen molar-refractivity contribution < 1.29 is 0 Å². The van der Waals surface area contributed by atoms with Crippen LogP contribution in [0.15, 0.2) is 23.3 Å². The zero-order chi connectivity index (χ0) is 13.5. The zero-order valence-electron chi connectivity index (χ0n) is 11.4. The van der Waals surface area contributed by atoms with Crippen molar-refractivity contribution in [1.82, 2.24) is 15.2 Å². The minimum absolute atomic E-state index is 0.407. The third kappa shape index (κ3) is 4.50. The molecule has 2 rings (SSSR count). The molecular formula is C13H22N6. The van der Waals surface area contributed by atoms with Gasteiger partial charge in [0.25, 0.3) is 0 Å². The van der Waals surface area contributed by atoms with Gasteiger partial charge in [0.2, 0.25) is 0 Å². The van der Waals surface area contributed by atoms with Gasteiger partial charge < -0.3 is 16.4 Å². The number of pyridine rings is 1. The van der Waals surface area contributed by atoms with E-state index in [-0.39, 0.29) is 0 Å². The first-order valence-corrected chi connectivity index (χ1v) is 6.73. The molecule has 0 bridgehead atoms. The van der Waals surface area contributed by atoms with E-state index < -0.39 is 0 Å². The lowest BCUT2D eigenvalue weighted by Gasteiger charge is -2.27. The molecule has 0 atom stereocenters. The Morgan fingerprint density at radius 1 is 1.47 bits per heavy atom. The second kappa shape index (κ2) is 7.06. The van der Waals surface area contributed by atoms with Crippen LogP contribution in [0.25, 0.3) is 0 Å². The molecule has 6 nitrogen and oxygen atoms in total. The fraction of sp³-hybridized carbons (Fsp3) is 0.538. The van der Waals surface area contributed by atoms with Crippen LogP contribution in [0.4, 0.5) is 5.82 Å².